The Kier molecular flexibility index (Phi) is 16.0. The predicted molar refractivity (Wildman–Crippen MR) is 287 cm³/mol. The molecule has 0 unspecified atom stereocenters. The van der Waals surface area contributed by atoms with Gasteiger partial charge in [0.25, 0.3) is 17.7 Å². The van der Waals surface area contributed by atoms with Gasteiger partial charge in [-0.2, -0.15) is 10.5 Å². The average molecular weight is 1210 g/mol. The molecular formula is C60H33F10N9O9. The van der Waals surface area contributed by atoms with Crippen molar-refractivity contribution >= 4 is 35.2 Å². The summed E-state index contributed by atoms with van der Waals surface area (Å²) in [7, 11) is 0. The third kappa shape index (κ3) is 13.1. The van der Waals surface area contributed by atoms with Crippen LogP contribution in [0.2, 0.25) is 0 Å². The van der Waals surface area contributed by atoms with Crippen molar-refractivity contribution in [3.05, 3.63) is 208 Å². The van der Waals surface area contributed by atoms with Crippen LogP contribution in [0.15, 0.2) is 146 Å². The number of nitrogens with zero attached hydrogens (tertiary/aromatic N) is 6. The quantitative estimate of drug-likeness (QED) is 0.114. The van der Waals surface area contributed by atoms with E-state index in [4.69, 9.17) is 0 Å². The zero-order valence-corrected chi connectivity index (χ0v) is 44.5. The molecular weight excluding hydrogens is 1180 g/mol. The van der Waals surface area contributed by atoms with Crippen LogP contribution in [-0.4, -0.2) is 56.5 Å². The van der Waals surface area contributed by atoms with Crippen LogP contribution in [-0.2, 0) is 0 Å². The SMILES string of the molecule is Cc1cccc(C(=O)Nc2cnc(-c3cc4c(cc3C)OC(F)(F)O4)cn2)c1.N#Cc1cc2c(cc1-c1ccc(NC(=O)c3c(F)cccc3F)nc1)OC(F)(F)O2.N#Cc1cc2c(cc1-c1ccc(NC(=O)c3c(F)cccc3F)nc1)OC(F)(F)O2. The summed E-state index contributed by atoms with van der Waals surface area (Å²) in [6, 6.07) is 30.0. The fourth-order valence-electron chi connectivity index (χ4n) is 8.58. The maximum absolute atomic E-state index is 13.7. The highest BCUT2D eigenvalue weighted by molar-refractivity contribution is 6.05. The molecule has 3 aromatic heterocycles. The van der Waals surface area contributed by atoms with Crippen LogP contribution < -0.4 is 44.4 Å². The normalized spacial score (nSPS) is 13.7. The Hall–Kier alpha value is -11.8. The third-order valence-corrected chi connectivity index (χ3v) is 12.5. The van der Waals surface area contributed by atoms with Crippen LogP contribution in [0, 0.1) is 59.8 Å². The second kappa shape index (κ2) is 23.7. The molecule has 3 N–H and O–H groups in total. The Morgan fingerprint density at radius 2 is 0.818 bits per heavy atom. The fraction of sp³-hybridized carbons (Fsp3) is 0.0833. The average Bonchev–Trinajstić information content (AvgIpc) is 2.50. The number of benzene rings is 6. The molecule has 3 amide bonds. The molecule has 6 aromatic carbocycles. The van der Waals surface area contributed by atoms with Crippen molar-refractivity contribution < 1.29 is 86.7 Å². The van der Waals surface area contributed by atoms with Gasteiger partial charge in [0.1, 0.15) is 46.0 Å². The van der Waals surface area contributed by atoms with Gasteiger partial charge in [-0.1, -0.05) is 29.8 Å². The number of nitriles is 2. The summed E-state index contributed by atoms with van der Waals surface area (Å²) in [6.07, 6.45) is -5.98. The molecule has 9 aromatic rings. The topological polar surface area (TPSA) is 242 Å². The summed E-state index contributed by atoms with van der Waals surface area (Å²) in [5, 5.41) is 25.8. The number of anilines is 3. The smallest absolute Gasteiger partial charge is 0.395 e. The Morgan fingerprint density at radius 3 is 1.20 bits per heavy atom. The number of hydrogen-bond donors (Lipinski definition) is 3. The molecule has 28 heteroatoms. The van der Waals surface area contributed by atoms with Crippen molar-refractivity contribution in [2.75, 3.05) is 16.0 Å². The number of pyridine rings is 2. The highest BCUT2D eigenvalue weighted by Crippen LogP contribution is 2.47. The summed E-state index contributed by atoms with van der Waals surface area (Å²) < 4.78 is 161. The molecule has 3 aliphatic rings. The van der Waals surface area contributed by atoms with Gasteiger partial charge in [-0.05, 0) is 104 Å². The van der Waals surface area contributed by atoms with Crippen LogP contribution in [0.25, 0.3) is 33.5 Å². The molecule has 3 aliphatic heterocycles. The van der Waals surface area contributed by atoms with Gasteiger partial charge < -0.3 is 44.4 Å². The molecule has 88 heavy (non-hydrogen) atoms. The highest BCUT2D eigenvalue weighted by atomic mass is 19.3. The van der Waals surface area contributed by atoms with E-state index in [1.54, 1.807) is 25.1 Å². The van der Waals surface area contributed by atoms with E-state index in [-0.39, 0.29) is 80.1 Å². The van der Waals surface area contributed by atoms with Crippen molar-refractivity contribution in [1.29, 1.82) is 10.5 Å². The Bertz CT molecular complexity index is 4130. The number of aromatic nitrogens is 4. The summed E-state index contributed by atoms with van der Waals surface area (Å²) in [5.41, 5.74) is 2.90. The lowest BCUT2D eigenvalue weighted by molar-refractivity contribution is -0.287. The number of aryl methyl sites for hydroxylation is 2. The molecule has 0 fully saturated rings. The lowest BCUT2D eigenvalue weighted by Crippen LogP contribution is -2.25. The van der Waals surface area contributed by atoms with Crippen molar-refractivity contribution in [2.24, 2.45) is 0 Å². The predicted octanol–water partition coefficient (Wildman–Crippen LogP) is 13.3. The van der Waals surface area contributed by atoms with E-state index in [9.17, 15) is 68.8 Å². The molecule has 0 aliphatic carbocycles. The summed E-state index contributed by atoms with van der Waals surface area (Å²) in [5.74, 6) is -7.37. The molecule has 0 spiro atoms. The zero-order chi connectivity index (χ0) is 62.8. The van der Waals surface area contributed by atoms with Crippen LogP contribution in [0.1, 0.15) is 53.3 Å². The van der Waals surface area contributed by atoms with Gasteiger partial charge in [-0.3, -0.25) is 19.4 Å². The van der Waals surface area contributed by atoms with Crippen LogP contribution in [0.5, 0.6) is 34.5 Å². The van der Waals surface area contributed by atoms with Crippen molar-refractivity contribution in [3.63, 3.8) is 0 Å². The number of carbonyl (C=O) groups excluding carboxylic acids is 3. The number of amides is 3. The summed E-state index contributed by atoms with van der Waals surface area (Å²) >= 11 is 0. The van der Waals surface area contributed by atoms with Crippen molar-refractivity contribution in [1.82, 2.24) is 19.9 Å². The first-order valence-corrected chi connectivity index (χ1v) is 25.1. The molecule has 0 saturated carbocycles. The number of carbonyl (C=O) groups is 3. The van der Waals surface area contributed by atoms with E-state index < -0.39 is 65.1 Å². The number of ether oxygens (including phenoxy) is 6. The van der Waals surface area contributed by atoms with E-state index in [2.05, 4.69) is 64.3 Å². The fourth-order valence-corrected chi connectivity index (χ4v) is 8.58. The van der Waals surface area contributed by atoms with Crippen LogP contribution >= 0.6 is 0 Å². The second-order valence-corrected chi connectivity index (χ2v) is 18.6. The molecule has 0 saturated heterocycles. The van der Waals surface area contributed by atoms with Gasteiger partial charge in [0, 0.05) is 57.9 Å². The first-order chi connectivity index (χ1) is 41.8. The highest BCUT2D eigenvalue weighted by Gasteiger charge is 2.46. The minimum Gasteiger partial charge on any atom is -0.395 e. The third-order valence-electron chi connectivity index (χ3n) is 12.5. The standard InChI is InChI=1S/2C20H9F4N3O3.C20H15F2N3O3/c2*21-13-2-1-3-14(22)18(13)19(28)27-17-5-4-10(9-26-17)12-7-16-15(6-11(12)8-25)29-20(23,24)30-16;1-11-4-3-5-13(6-11)19(26)25-18-10-23-15(9-24-18)14-8-17-16(7-12(14)2)27-20(21,22)28-17/h2*1-7,9H,(H,26,27,28);3-10H,1-2H3,(H,24,25,26). The van der Waals surface area contributed by atoms with E-state index in [0.29, 0.717) is 33.5 Å². The summed E-state index contributed by atoms with van der Waals surface area (Å²) in [6.45, 7) is 3.64. The second-order valence-electron chi connectivity index (χ2n) is 18.6. The van der Waals surface area contributed by atoms with Crippen molar-refractivity contribution in [2.45, 2.75) is 32.7 Å². The number of alkyl halides is 6. The van der Waals surface area contributed by atoms with E-state index in [1.807, 2.05) is 25.1 Å². The Balaban J connectivity index is 0.000000146. The maximum atomic E-state index is 13.7. The monoisotopic (exact) mass is 1210 g/mol. The molecule has 0 bridgehead atoms. The summed E-state index contributed by atoms with van der Waals surface area (Å²) in [4.78, 5) is 52.9. The lowest BCUT2D eigenvalue weighted by Gasteiger charge is -2.09. The number of halogens is 10. The van der Waals surface area contributed by atoms with Gasteiger partial charge in [-0.15, -0.1) is 26.3 Å². The molecule has 18 nitrogen and oxygen atoms in total. The van der Waals surface area contributed by atoms with Gasteiger partial charge in [0.2, 0.25) is 0 Å². The zero-order valence-electron chi connectivity index (χ0n) is 44.5. The largest absolute Gasteiger partial charge is 0.586 e. The van der Waals surface area contributed by atoms with E-state index in [0.717, 1.165) is 54.1 Å². The maximum Gasteiger partial charge on any atom is 0.586 e. The number of rotatable bonds is 9. The van der Waals surface area contributed by atoms with Gasteiger partial charge in [0.05, 0.1) is 41.4 Å². The minimum absolute atomic E-state index is 0.0165. The molecule has 442 valence electrons. The van der Waals surface area contributed by atoms with Crippen molar-refractivity contribution in [3.8, 4) is 80.1 Å². The number of nitrogens with one attached hydrogen (secondary N) is 3. The Labute approximate surface area is 488 Å². The number of hydrogen-bond acceptors (Lipinski definition) is 15. The van der Waals surface area contributed by atoms with E-state index in [1.165, 1.54) is 73.3 Å². The molecule has 0 atom stereocenters. The molecule has 6 heterocycles. The van der Waals surface area contributed by atoms with Crippen LogP contribution in [0.3, 0.4) is 0 Å². The molecule has 12 rings (SSSR count). The first-order valence-electron chi connectivity index (χ1n) is 25.1. The van der Waals surface area contributed by atoms with Gasteiger partial charge in [0.15, 0.2) is 40.3 Å². The Morgan fingerprint density at radius 1 is 0.432 bits per heavy atom. The minimum atomic E-state index is -3.83. The first kappa shape index (κ1) is 59.4. The van der Waals surface area contributed by atoms with Crippen LogP contribution in [0.4, 0.5) is 61.4 Å². The number of fused-ring (bicyclic) bond motifs is 3. The van der Waals surface area contributed by atoms with Gasteiger partial charge in [-0.25, -0.2) is 32.5 Å². The molecule has 0 radical (unpaired) electrons. The van der Waals surface area contributed by atoms with Gasteiger partial charge >= 0.3 is 18.9 Å². The lowest BCUT2D eigenvalue weighted by atomic mass is 10.0. The van der Waals surface area contributed by atoms with E-state index >= 15 is 0 Å².